The number of hydrogen-bond donors (Lipinski definition) is 1. The number of anilines is 1. The molecule has 0 spiro atoms. The van der Waals surface area contributed by atoms with Crippen molar-refractivity contribution in [2.75, 3.05) is 23.9 Å². The number of nitrogens with one attached hydrogen (secondary N) is 1. The van der Waals surface area contributed by atoms with Crippen LogP contribution in [0.3, 0.4) is 0 Å². The molecule has 1 N–H and O–H groups in total. The number of nitrogens with zero attached hydrogens (tertiary/aromatic N) is 2. The molecule has 43 heavy (non-hydrogen) atoms. The van der Waals surface area contributed by atoms with E-state index in [0.29, 0.717) is 23.6 Å². The molecule has 0 saturated carbocycles. The zero-order chi connectivity index (χ0) is 31.0. The van der Waals surface area contributed by atoms with Crippen molar-refractivity contribution in [1.82, 2.24) is 10.2 Å². The van der Waals surface area contributed by atoms with Crippen LogP contribution in [0.2, 0.25) is 0 Å². The van der Waals surface area contributed by atoms with Gasteiger partial charge in [0.25, 0.3) is 0 Å². The number of carbonyl (C=O) groups excluding carboxylic acids is 2. The van der Waals surface area contributed by atoms with Gasteiger partial charge in [0.15, 0.2) is 11.5 Å². The van der Waals surface area contributed by atoms with Gasteiger partial charge >= 0.3 is 0 Å². The Bertz CT molecular complexity index is 1520. The lowest BCUT2D eigenvalue weighted by Crippen LogP contribution is -2.52. The van der Waals surface area contributed by atoms with Crippen molar-refractivity contribution in [3.8, 4) is 11.5 Å². The molecule has 4 rings (SSSR count). The first kappa shape index (κ1) is 31.8. The van der Waals surface area contributed by atoms with Crippen molar-refractivity contribution in [1.29, 1.82) is 0 Å². The molecule has 1 heterocycles. The van der Waals surface area contributed by atoms with Gasteiger partial charge in [0.1, 0.15) is 11.9 Å². The maximum Gasteiger partial charge on any atom is 0.243 e. The molecule has 3 aromatic rings. The maximum atomic E-state index is 14.8. The number of ether oxygens (including phenoxy) is 2. The van der Waals surface area contributed by atoms with E-state index in [1.165, 1.54) is 15.3 Å². The molecule has 230 valence electrons. The van der Waals surface area contributed by atoms with Gasteiger partial charge in [0.05, 0.1) is 11.9 Å². The van der Waals surface area contributed by atoms with Crippen LogP contribution >= 0.6 is 0 Å². The Labute approximate surface area is 252 Å². The van der Waals surface area contributed by atoms with Gasteiger partial charge in [-0.25, -0.2) is 12.8 Å². The highest BCUT2D eigenvalue weighted by Crippen LogP contribution is 2.36. The first-order valence-corrected chi connectivity index (χ1v) is 16.2. The van der Waals surface area contributed by atoms with Crippen LogP contribution in [0.4, 0.5) is 10.1 Å². The molecule has 1 aliphatic heterocycles. The number of benzene rings is 3. The summed E-state index contributed by atoms with van der Waals surface area (Å²) < 4.78 is 52.2. The lowest BCUT2D eigenvalue weighted by molar-refractivity contribution is -0.141. The van der Waals surface area contributed by atoms with E-state index in [0.717, 1.165) is 11.8 Å². The smallest absolute Gasteiger partial charge is 0.243 e. The molecule has 2 amide bonds. The minimum atomic E-state index is -3.70. The van der Waals surface area contributed by atoms with Gasteiger partial charge in [-0.15, -0.1) is 0 Å². The van der Waals surface area contributed by atoms with Crippen molar-refractivity contribution in [3.63, 3.8) is 0 Å². The van der Waals surface area contributed by atoms with Gasteiger partial charge in [0.2, 0.25) is 28.6 Å². The Morgan fingerprint density at radius 2 is 1.70 bits per heavy atom. The van der Waals surface area contributed by atoms with Crippen molar-refractivity contribution in [2.24, 2.45) is 0 Å². The van der Waals surface area contributed by atoms with Crippen molar-refractivity contribution >= 4 is 27.5 Å². The predicted octanol–water partition coefficient (Wildman–Crippen LogP) is 4.66. The molecule has 0 radical (unpaired) electrons. The largest absolute Gasteiger partial charge is 0.454 e. The second-order valence-electron chi connectivity index (χ2n) is 10.6. The fourth-order valence-electron chi connectivity index (χ4n) is 4.85. The van der Waals surface area contributed by atoms with E-state index in [2.05, 4.69) is 5.32 Å². The third-order valence-corrected chi connectivity index (χ3v) is 8.56. The molecule has 0 unspecified atom stereocenters. The highest BCUT2D eigenvalue weighted by atomic mass is 32.2. The van der Waals surface area contributed by atoms with Crippen LogP contribution in [-0.4, -0.2) is 56.8 Å². The van der Waals surface area contributed by atoms with Gasteiger partial charge < -0.3 is 19.7 Å². The summed E-state index contributed by atoms with van der Waals surface area (Å²) in [4.78, 5) is 28.9. The monoisotopic (exact) mass is 611 g/mol. The molecule has 2 atom stereocenters. The zero-order valence-corrected chi connectivity index (χ0v) is 25.5. The first-order valence-electron chi connectivity index (χ1n) is 14.3. The quantitative estimate of drug-likeness (QED) is 0.285. The molecule has 0 fully saturated rings. The Balaban J connectivity index is 1.59. The molecule has 1 aliphatic rings. The minimum Gasteiger partial charge on any atom is -0.454 e. The van der Waals surface area contributed by atoms with Gasteiger partial charge in [0, 0.05) is 43.6 Å². The second-order valence-corrected chi connectivity index (χ2v) is 12.5. The van der Waals surface area contributed by atoms with Gasteiger partial charge in [-0.05, 0) is 43.5 Å². The molecule has 3 aromatic carbocycles. The van der Waals surface area contributed by atoms with E-state index in [9.17, 15) is 22.4 Å². The number of halogens is 1. The normalized spacial score (nSPS) is 13.7. The Kier molecular flexibility index (Phi) is 10.6. The Morgan fingerprint density at radius 3 is 2.40 bits per heavy atom. The average molecular weight is 612 g/mol. The predicted molar refractivity (Wildman–Crippen MR) is 163 cm³/mol. The van der Waals surface area contributed by atoms with Gasteiger partial charge in [-0.3, -0.25) is 13.9 Å². The summed E-state index contributed by atoms with van der Waals surface area (Å²) in [5, 5.41) is 2.99. The van der Waals surface area contributed by atoms with Crippen LogP contribution in [0.5, 0.6) is 11.5 Å². The number of amides is 2. The van der Waals surface area contributed by atoms with Crippen LogP contribution in [0.25, 0.3) is 0 Å². The summed E-state index contributed by atoms with van der Waals surface area (Å²) in [6, 6.07) is 19.3. The lowest BCUT2D eigenvalue weighted by atomic mass is 10.0. The number of fused-ring (bicyclic) bond motifs is 1. The van der Waals surface area contributed by atoms with E-state index in [1.54, 1.807) is 36.4 Å². The Morgan fingerprint density at radius 1 is 1.00 bits per heavy atom. The van der Waals surface area contributed by atoms with Crippen LogP contribution in [-0.2, 0) is 32.6 Å². The summed E-state index contributed by atoms with van der Waals surface area (Å²) in [5.74, 6) is -0.235. The highest BCUT2D eigenvalue weighted by Gasteiger charge is 2.31. The SMILES string of the molecule is CC[C@@H](C)NC(=O)[C@@H](Cc1ccccc1)N(Cc1ccccc1F)C(=O)CCCN(c1ccc2c(c1)OCO2)S(C)(=O)=O. The molecule has 0 bridgehead atoms. The second kappa shape index (κ2) is 14.4. The van der Waals surface area contributed by atoms with Crippen molar-refractivity contribution in [2.45, 2.75) is 58.2 Å². The average Bonchev–Trinajstić information content (AvgIpc) is 3.45. The lowest BCUT2D eigenvalue weighted by Gasteiger charge is -2.33. The molecular formula is C32H38FN3O6S. The summed E-state index contributed by atoms with van der Waals surface area (Å²) in [7, 11) is -3.70. The molecule has 0 saturated heterocycles. The third-order valence-electron chi connectivity index (χ3n) is 7.37. The molecule has 11 heteroatoms. The van der Waals surface area contributed by atoms with Crippen LogP contribution in [0.15, 0.2) is 72.8 Å². The first-order chi connectivity index (χ1) is 20.6. The van der Waals surface area contributed by atoms with E-state index < -0.39 is 21.9 Å². The fourth-order valence-corrected chi connectivity index (χ4v) is 5.81. The topological polar surface area (TPSA) is 105 Å². The van der Waals surface area contributed by atoms with E-state index in [1.807, 2.05) is 44.2 Å². The summed E-state index contributed by atoms with van der Waals surface area (Å²) in [6.45, 7) is 3.79. The maximum absolute atomic E-state index is 14.8. The number of hydrogen-bond acceptors (Lipinski definition) is 6. The summed E-state index contributed by atoms with van der Waals surface area (Å²) >= 11 is 0. The van der Waals surface area contributed by atoms with E-state index in [-0.39, 0.29) is 62.6 Å². The summed E-state index contributed by atoms with van der Waals surface area (Å²) in [6.07, 6.45) is 2.13. The van der Waals surface area contributed by atoms with Crippen molar-refractivity contribution in [3.05, 3.63) is 89.7 Å². The fraction of sp³-hybridized carbons (Fsp3) is 0.375. The van der Waals surface area contributed by atoms with E-state index >= 15 is 0 Å². The number of sulfonamides is 1. The highest BCUT2D eigenvalue weighted by molar-refractivity contribution is 7.92. The minimum absolute atomic E-state index is 0.0141. The molecule has 9 nitrogen and oxygen atoms in total. The third kappa shape index (κ3) is 8.47. The molecule has 0 aliphatic carbocycles. The number of rotatable bonds is 14. The van der Waals surface area contributed by atoms with Gasteiger partial charge in [-0.2, -0.15) is 0 Å². The molecule has 0 aromatic heterocycles. The number of carbonyl (C=O) groups is 2. The van der Waals surface area contributed by atoms with Crippen LogP contribution in [0.1, 0.15) is 44.2 Å². The Hall–Kier alpha value is -4.12. The zero-order valence-electron chi connectivity index (χ0n) is 24.7. The van der Waals surface area contributed by atoms with Crippen LogP contribution < -0.4 is 19.1 Å². The van der Waals surface area contributed by atoms with Crippen molar-refractivity contribution < 1.29 is 31.9 Å². The van der Waals surface area contributed by atoms with Crippen LogP contribution in [0, 0.1) is 5.82 Å². The standard InChI is InChI=1S/C32H38FN3O6S/c1-4-23(2)34-32(38)28(19-24-11-6-5-7-12-24)35(21-25-13-8-9-14-27(25)33)31(37)15-10-18-36(43(3,39)40)26-16-17-29-30(20-26)42-22-41-29/h5-9,11-14,16-17,20,23,28H,4,10,15,18-19,21-22H2,1-3H3,(H,34,38)/t23-,28-/m1/s1. The summed E-state index contributed by atoms with van der Waals surface area (Å²) in [5.41, 5.74) is 1.52. The van der Waals surface area contributed by atoms with E-state index in [4.69, 9.17) is 9.47 Å². The molecular weight excluding hydrogens is 573 g/mol. The van der Waals surface area contributed by atoms with Gasteiger partial charge in [-0.1, -0.05) is 55.5 Å².